The Morgan fingerprint density at radius 3 is 2.82 bits per heavy atom. The molecule has 0 saturated heterocycles. The lowest BCUT2D eigenvalue weighted by Gasteiger charge is -2.09. The molecule has 0 aliphatic carbocycles. The minimum atomic E-state index is -0.379. The Balaban J connectivity index is 3.17. The fraction of sp³-hybridized carbons (Fsp3) is 0.545. The van der Waals surface area contributed by atoms with Gasteiger partial charge in [-0.3, -0.25) is 10.1 Å². The van der Waals surface area contributed by atoms with E-state index in [0.29, 0.717) is 17.9 Å². The molecule has 1 heterocycles. The number of aromatic nitrogens is 2. The van der Waals surface area contributed by atoms with Crippen LogP contribution >= 0.6 is 0 Å². The lowest BCUT2D eigenvalue weighted by atomic mass is 10.2. The van der Waals surface area contributed by atoms with E-state index in [4.69, 9.17) is 0 Å². The van der Waals surface area contributed by atoms with Crippen LogP contribution in [0.1, 0.15) is 26.0 Å². The number of anilines is 1. The summed E-state index contributed by atoms with van der Waals surface area (Å²) in [7, 11) is 1.70. The van der Waals surface area contributed by atoms with E-state index in [1.54, 1.807) is 13.1 Å². The molecule has 0 radical (unpaired) electrons. The van der Waals surface area contributed by atoms with Crippen molar-refractivity contribution in [3.63, 3.8) is 0 Å². The highest BCUT2D eigenvalue weighted by molar-refractivity contribution is 5.60. The monoisotopic (exact) mass is 238 g/mol. The van der Waals surface area contributed by atoms with E-state index in [9.17, 15) is 10.1 Å². The molecule has 1 aromatic heterocycles. The van der Waals surface area contributed by atoms with Gasteiger partial charge in [0, 0.05) is 13.1 Å². The molecule has 6 heteroatoms. The summed E-state index contributed by atoms with van der Waals surface area (Å²) >= 11 is 0. The van der Waals surface area contributed by atoms with E-state index in [2.05, 4.69) is 17.0 Å². The van der Waals surface area contributed by atoms with Gasteiger partial charge in [-0.2, -0.15) is 5.10 Å². The van der Waals surface area contributed by atoms with Crippen LogP contribution in [0.15, 0.2) is 12.7 Å². The van der Waals surface area contributed by atoms with Gasteiger partial charge in [0.05, 0.1) is 4.92 Å². The summed E-state index contributed by atoms with van der Waals surface area (Å²) in [5.41, 5.74) is 0.599. The summed E-state index contributed by atoms with van der Waals surface area (Å²) in [6.07, 6.45) is 3.12. The van der Waals surface area contributed by atoms with Crippen molar-refractivity contribution < 1.29 is 4.92 Å². The molecule has 0 bridgehead atoms. The predicted octanol–water partition coefficient (Wildman–Crippen LogP) is 2.27. The normalized spacial score (nSPS) is 12.2. The fourth-order valence-corrected chi connectivity index (χ4v) is 1.60. The maximum atomic E-state index is 11.1. The van der Waals surface area contributed by atoms with Crippen LogP contribution in [0.4, 0.5) is 11.5 Å². The largest absolute Gasteiger partial charge is 0.359 e. The summed E-state index contributed by atoms with van der Waals surface area (Å²) in [5, 5.41) is 18.3. The molecule has 1 aromatic rings. The second-order valence-electron chi connectivity index (χ2n) is 3.94. The maximum Gasteiger partial charge on any atom is 0.334 e. The lowest BCUT2D eigenvalue weighted by Crippen LogP contribution is -2.15. The number of rotatable bonds is 6. The summed E-state index contributed by atoms with van der Waals surface area (Å²) < 4.78 is 1.52. The second-order valence-corrected chi connectivity index (χ2v) is 3.94. The van der Waals surface area contributed by atoms with Gasteiger partial charge in [0.15, 0.2) is 0 Å². The first kappa shape index (κ1) is 13.2. The fourth-order valence-electron chi connectivity index (χ4n) is 1.60. The van der Waals surface area contributed by atoms with E-state index in [-0.39, 0.29) is 16.7 Å². The van der Waals surface area contributed by atoms with E-state index in [1.807, 2.05) is 13.8 Å². The van der Waals surface area contributed by atoms with E-state index >= 15 is 0 Å². The molecule has 0 amide bonds. The highest BCUT2D eigenvalue weighted by atomic mass is 16.6. The molecule has 0 aliphatic rings. The van der Waals surface area contributed by atoms with Crippen LogP contribution in [-0.4, -0.2) is 20.7 Å². The van der Waals surface area contributed by atoms with Crippen LogP contribution in [-0.2, 0) is 13.5 Å². The van der Waals surface area contributed by atoms with Crippen molar-refractivity contribution in [1.82, 2.24) is 9.78 Å². The Hall–Kier alpha value is -1.85. The van der Waals surface area contributed by atoms with Gasteiger partial charge < -0.3 is 5.32 Å². The number of nitrogens with one attached hydrogen (secondary N) is 1. The van der Waals surface area contributed by atoms with Gasteiger partial charge in [0.1, 0.15) is 5.69 Å². The van der Waals surface area contributed by atoms with Gasteiger partial charge in [0.25, 0.3) is 0 Å². The van der Waals surface area contributed by atoms with Crippen LogP contribution in [0.2, 0.25) is 0 Å². The van der Waals surface area contributed by atoms with Crippen LogP contribution in [0.3, 0.4) is 0 Å². The third-order valence-corrected chi connectivity index (χ3v) is 2.48. The SMILES string of the molecule is C=CC(C)Nc1c([N+](=O)[O-])c(CCC)nn1C. The molecule has 0 aromatic carbocycles. The number of hydrogen-bond acceptors (Lipinski definition) is 4. The molecule has 0 saturated carbocycles. The molecule has 0 spiro atoms. The topological polar surface area (TPSA) is 73.0 Å². The van der Waals surface area contributed by atoms with Gasteiger partial charge in [-0.25, -0.2) is 4.68 Å². The number of hydrogen-bond donors (Lipinski definition) is 1. The first-order valence-corrected chi connectivity index (χ1v) is 5.60. The third kappa shape index (κ3) is 2.83. The van der Waals surface area contributed by atoms with Crippen LogP contribution in [0.5, 0.6) is 0 Å². The molecule has 1 rings (SSSR count). The maximum absolute atomic E-state index is 11.1. The van der Waals surface area contributed by atoms with Crippen molar-refractivity contribution in [2.75, 3.05) is 5.32 Å². The Bertz CT molecular complexity index is 425. The molecule has 1 unspecified atom stereocenters. The summed E-state index contributed by atoms with van der Waals surface area (Å²) in [6.45, 7) is 7.49. The van der Waals surface area contributed by atoms with Crippen molar-refractivity contribution in [3.05, 3.63) is 28.5 Å². The molecule has 0 aliphatic heterocycles. The highest BCUT2D eigenvalue weighted by Gasteiger charge is 2.26. The average molecular weight is 238 g/mol. The minimum absolute atomic E-state index is 0.0430. The highest BCUT2D eigenvalue weighted by Crippen LogP contribution is 2.29. The molecule has 1 N–H and O–H groups in total. The molecule has 94 valence electrons. The van der Waals surface area contributed by atoms with E-state index in [0.717, 1.165) is 6.42 Å². The van der Waals surface area contributed by atoms with Gasteiger partial charge in [-0.05, 0) is 13.3 Å². The summed E-state index contributed by atoms with van der Waals surface area (Å²) in [6, 6.07) is -0.0430. The van der Waals surface area contributed by atoms with Crippen molar-refractivity contribution in [3.8, 4) is 0 Å². The Labute approximate surface area is 100 Å². The van der Waals surface area contributed by atoms with E-state index < -0.39 is 0 Å². The van der Waals surface area contributed by atoms with Gasteiger partial charge >= 0.3 is 5.69 Å². The zero-order valence-corrected chi connectivity index (χ0v) is 10.4. The number of aryl methyl sites for hydroxylation is 2. The summed E-state index contributed by atoms with van der Waals surface area (Å²) in [4.78, 5) is 10.7. The van der Waals surface area contributed by atoms with Crippen LogP contribution < -0.4 is 5.32 Å². The third-order valence-electron chi connectivity index (χ3n) is 2.48. The molecule has 6 nitrogen and oxygen atoms in total. The standard InChI is InChI=1S/C11H18N4O2/c1-5-7-9-10(15(16)17)11(14(4)13-9)12-8(3)6-2/h6,8,12H,2,5,7H2,1,3-4H3. The lowest BCUT2D eigenvalue weighted by molar-refractivity contribution is -0.384. The Morgan fingerprint density at radius 2 is 2.35 bits per heavy atom. The quantitative estimate of drug-likeness (QED) is 0.468. The Kier molecular flexibility index (Phi) is 4.25. The van der Waals surface area contributed by atoms with E-state index in [1.165, 1.54) is 4.68 Å². The molecule has 0 fully saturated rings. The van der Waals surface area contributed by atoms with Gasteiger partial charge in [0.2, 0.25) is 5.82 Å². The second kappa shape index (κ2) is 5.47. The molecule has 17 heavy (non-hydrogen) atoms. The zero-order valence-electron chi connectivity index (χ0n) is 10.4. The molecular formula is C11H18N4O2. The average Bonchev–Trinajstić information content (AvgIpc) is 2.56. The first-order chi connectivity index (χ1) is 8.01. The van der Waals surface area contributed by atoms with Crippen LogP contribution in [0, 0.1) is 10.1 Å². The van der Waals surface area contributed by atoms with Crippen molar-refractivity contribution in [1.29, 1.82) is 0 Å². The molecule has 1 atom stereocenters. The number of nitro groups is 1. The zero-order chi connectivity index (χ0) is 13.0. The van der Waals surface area contributed by atoms with Crippen molar-refractivity contribution in [2.24, 2.45) is 7.05 Å². The van der Waals surface area contributed by atoms with Crippen molar-refractivity contribution >= 4 is 11.5 Å². The van der Waals surface area contributed by atoms with Gasteiger partial charge in [-0.1, -0.05) is 19.4 Å². The number of nitrogens with zero attached hydrogens (tertiary/aromatic N) is 3. The predicted molar refractivity (Wildman–Crippen MR) is 67.1 cm³/mol. The van der Waals surface area contributed by atoms with Crippen LogP contribution in [0.25, 0.3) is 0 Å². The summed E-state index contributed by atoms with van der Waals surface area (Å²) in [5.74, 6) is 0.436. The first-order valence-electron chi connectivity index (χ1n) is 5.60. The molecular weight excluding hydrogens is 220 g/mol. The smallest absolute Gasteiger partial charge is 0.334 e. The Morgan fingerprint density at radius 1 is 1.71 bits per heavy atom. The van der Waals surface area contributed by atoms with Crippen molar-refractivity contribution in [2.45, 2.75) is 32.7 Å². The van der Waals surface area contributed by atoms with Gasteiger partial charge in [-0.15, -0.1) is 6.58 Å². The minimum Gasteiger partial charge on any atom is -0.359 e.